The Morgan fingerprint density at radius 3 is 2.30 bits per heavy atom. The Hall–Kier alpha value is -2.56. The zero-order valence-electron chi connectivity index (χ0n) is 14.0. The molecule has 1 heterocycles. The largest absolute Gasteiger partial charge is 0.433 e. The summed E-state index contributed by atoms with van der Waals surface area (Å²) in [6.45, 7) is 1.45. The van der Waals surface area contributed by atoms with Gasteiger partial charge in [-0.05, 0) is 31.0 Å². The Balaban J connectivity index is 2.38. The van der Waals surface area contributed by atoms with E-state index in [0.29, 0.717) is 11.6 Å². The number of alkyl halides is 6. The predicted molar refractivity (Wildman–Crippen MR) is 86.7 cm³/mol. The number of nitrogens with one attached hydrogen (secondary N) is 2. The molecule has 5 nitrogen and oxygen atoms in total. The standard InChI is InChI=1S/C16H16F6N4O/c1-9-3-4-10(15(17,18)19)7-11(9)24-13-8-12(16(20,21)22)25-14(26-13)23-5-2-6-27/h3-4,7-8,27H,2,5-6H2,1H3,(H2,23,24,25,26). The van der Waals surface area contributed by atoms with E-state index in [0.717, 1.165) is 12.1 Å². The molecule has 0 radical (unpaired) electrons. The fourth-order valence-corrected chi connectivity index (χ4v) is 2.09. The van der Waals surface area contributed by atoms with Crippen molar-refractivity contribution in [2.24, 2.45) is 0 Å². The first-order chi connectivity index (χ1) is 12.5. The number of aliphatic hydroxyl groups excluding tert-OH is 1. The molecule has 0 amide bonds. The number of benzene rings is 1. The van der Waals surface area contributed by atoms with Crippen LogP contribution in [-0.2, 0) is 12.4 Å². The second-order valence-electron chi connectivity index (χ2n) is 5.62. The lowest BCUT2D eigenvalue weighted by Crippen LogP contribution is -2.14. The number of hydrogen-bond acceptors (Lipinski definition) is 5. The lowest BCUT2D eigenvalue weighted by atomic mass is 10.1. The van der Waals surface area contributed by atoms with E-state index in [2.05, 4.69) is 20.6 Å². The van der Waals surface area contributed by atoms with Crippen molar-refractivity contribution in [1.82, 2.24) is 9.97 Å². The van der Waals surface area contributed by atoms with E-state index < -0.39 is 23.6 Å². The van der Waals surface area contributed by atoms with E-state index in [-0.39, 0.29) is 37.0 Å². The average molecular weight is 394 g/mol. The van der Waals surface area contributed by atoms with Gasteiger partial charge in [0.15, 0.2) is 5.69 Å². The zero-order chi connectivity index (χ0) is 20.2. The van der Waals surface area contributed by atoms with Crippen LogP contribution in [0.3, 0.4) is 0 Å². The van der Waals surface area contributed by atoms with E-state index in [9.17, 15) is 26.3 Å². The first-order valence-corrected chi connectivity index (χ1v) is 7.76. The normalized spacial score (nSPS) is 12.1. The maximum atomic E-state index is 13.0. The SMILES string of the molecule is Cc1ccc(C(F)(F)F)cc1Nc1cc(C(F)(F)F)nc(NCCCO)n1. The van der Waals surface area contributed by atoms with Crippen molar-refractivity contribution in [3.63, 3.8) is 0 Å². The number of aryl methyl sites for hydroxylation is 1. The summed E-state index contributed by atoms with van der Waals surface area (Å²) in [7, 11) is 0. The number of rotatable bonds is 6. The van der Waals surface area contributed by atoms with E-state index in [1.165, 1.54) is 13.0 Å². The highest BCUT2D eigenvalue weighted by atomic mass is 19.4. The molecule has 0 saturated heterocycles. The lowest BCUT2D eigenvalue weighted by Gasteiger charge is -2.15. The third-order valence-corrected chi connectivity index (χ3v) is 3.46. The molecular weight excluding hydrogens is 378 g/mol. The van der Waals surface area contributed by atoms with Gasteiger partial charge in [0, 0.05) is 24.9 Å². The minimum absolute atomic E-state index is 0.0297. The van der Waals surface area contributed by atoms with Crippen LogP contribution in [0.4, 0.5) is 43.8 Å². The maximum absolute atomic E-state index is 13.0. The second-order valence-corrected chi connectivity index (χ2v) is 5.62. The van der Waals surface area contributed by atoms with Crippen LogP contribution in [0.1, 0.15) is 23.2 Å². The average Bonchev–Trinajstić information content (AvgIpc) is 2.55. The van der Waals surface area contributed by atoms with Crippen molar-refractivity contribution < 1.29 is 31.4 Å². The quantitative estimate of drug-likeness (QED) is 0.502. The molecule has 0 aliphatic carbocycles. The lowest BCUT2D eigenvalue weighted by molar-refractivity contribution is -0.141. The van der Waals surface area contributed by atoms with Crippen LogP contribution in [0.15, 0.2) is 24.3 Å². The van der Waals surface area contributed by atoms with Gasteiger partial charge in [-0.1, -0.05) is 6.07 Å². The van der Waals surface area contributed by atoms with Gasteiger partial charge in [-0.2, -0.15) is 31.3 Å². The topological polar surface area (TPSA) is 70.1 Å². The van der Waals surface area contributed by atoms with E-state index >= 15 is 0 Å². The van der Waals surface area contributed by atoms with Crippen LogP contribution in [-0.4, -0.2) is 28.2 Å². The van der Waals surface area contributed by atoms with Crippen LogP contribution in [0.2, 0.25) is 0 Å². The summed E-state index contributed by atoms with van der Waals surface area (Å²) < 4.78 is 77.7. The molecule has 27 heavy (non-hydrogen) atoms. The second kappa shape index (κ2) is 7.99. The Labute approximate surface area is 150 Å². The summed E-state index contributed by atoms with van der Waals surface area (Å²) >= 11 is 0. The predicted octanol–water partition coefficient (Wildman–Crippen LogP) is 4.36. The highest BCUT2D eigenvalue weighted by Crippen LogP contribution is 2.34. The molecule has 0 spiro atoms. The fourth-order valence-electron chi connectivity index (χ4n) is 2.09. The van der Waals surface area contributed by atoms with E-state index in [1.54, 1.807) is 0 Å². The zero-order valence-corrected chi connectivity index (χ0v) is 14.0. The Bertz CT molecular complexity index is 791. The molecule has 0 aliphatic rings. The molecule has 0 aliphatic heterocycles. The molecule has 2 rings (SSSR count). The smallest absolute Gasteiger partial charge is 0.396 e. The molecule has 0 fully saturated rings. The van der Waals surface area contributed by atoms with Gasteiger partial charge >= 0.3 is 12.4 Å². The number of aromatic nitrogens is 2. The van der Waals surface area contributed by atoms with Crippen molar-refractivity contribution in [3.8, 4) is 0 Å². The highest BCUT2D eigenvalue weighted by Gasteiger charge is 2.34. The number of hydrogen-bond donors (Lipinski definition) is 3. The molecule has 1 aromatic heterocycles. The molecule has 0 atom stereocenters. The van der Waals surface area contributed by atoms with E-state index in [1.807, 2.05) is 0 Å². The van der Waals surface area contributed by atoms with Crippen molar-refractivity contribution >= 4 is 17.5 Å². The molecule has 0 bridgehead atoms. The number of anilines is 3. The molecule has 2 aromatic rings. The minimum Gasteiger partial charge on any atom is -0.396 e. The molecule has 0 saturated carbocycles. The molecular formula is C16H16F6N4O. The van der Waals surface area contributed by atoms with Gasteiger partial charge in [0.2, 0.25) is 5.95 Å². The molecule has 1 aromatic carbocycles. The first-order valence-electron chi connectivity index (χ1n) is 7.76. The van der Waals surface area contributed by atoms with Crippen molar-refractivity contribution in [2.75, 3.05) is 23.8 Å². The number of halogens is 6. The van der Waals surface area contributed by atoms with Gasteiger partial charge in [0.05, 0.1) is 5.56 Å². The minimum atomic E-state index is -4.77. The van der Waals surface area contributed by atoms with Crippen LogP contribution in [0.5, 0.6) is 0 Å². The van der Waals surface area contributed by atoms with Crippen LogP contribution in [0, 0.1) is 6.92 Å². The van der Waals surface area contributed by atoms with Crippen molar-refractivity contribution in [2.45, 2.75) is 25.7 Å². The molecule has 148 valence electrons. The maximum Gasteiger partial charge on any atom is 0.433 e. The fraction of sp³-hybridized carbons (Fsp3) is 0.375. The van der Waals surface area contributed by atoms with Crippen molar-refractivity contribution in [1.29, 1.82) is 0 Å². The van der Waals surface area contributed by atoms with Gasteiger partial charge in [-0.3, -0.25) is 0 Å². The summed E-state index contributed by atoms with van der Waals surface area (Å²) in [5.74, 6) is -0.670. The Kier molecular flexibility index (Phi) is 6.14. The Morgan fingerprint density at radius 1 is 1.00 bits per heavy atom. The Morgan fingerprint density at radius 2 is 1.70 bits per heavy atom. The van der Waals surface area contributed by atoms with Gasteiger partial charge in [-0.25, -0.2) is 4.98 Å². The van der Waals surface area contributed by atoms with Crippen LogP contribution >= 0.6 is 0 Å². The molecule has 0 unspecified atom stereocenters. The van der Waals surface area contributed by atoms with Gasteiger partial charge in [-0.15, -0.1) is 0 Å². The van der Waals surface area contributed by atoms with Crippen LogP contribution in [0.25, 0.3) is 0 Å². The van der Waals surface area contributed by atoms with Gasteiger partial charge in [0.1, 0.15) is 5.82 Å². The van der Waals surface area contributed by atoms with Gasteiger partial charge in [0.25, 0.3) is 0 Å². The van der Waals surface area contributed by atoms with Gasteiger partial charge < -0.3 is 15.7 Å². The number of aliphatic hydroxyl groups is 1. The summed E-state index contributed by atoms with van der Waals surface area (Å²) in [5.41, 5.74) is -1.83. The monoisotopic (exact) mass is 394 g/mol. The highest BCUT2D eigenvalue weighted by molar-refractivity contribution is 5.62. The third kappa shape index (κ3) is 5.71. The summed E-state index contributed by atoms with van der Waals surface area (Å²) in [6.07, 6.45) is -9.10. The van der Waals surface area contributed by atoms with Crippen molar-refractivity contribution in [3.05, 3.63) is 41.1 Å². The molecule has 11 heteroatoms. The molecule has 3 N–H and O–H groups in total. The third-order valence-electron chi connectivity index (χ3n) is 3.46. The number of nitrogens with zero attached hydrogens (tertiary/aromatic N) is 2. The van der Waals surface area contributed by atoms with E-state index in [4.69, 9.17) is 5.11 Å². The summed E-state index contributed by atoms with van der Waals surface area (Å²) in [5, 5.41) is 13.8. The summed E-state index contributed by atoms with van der Waals surface area (Å²) in [6, 6.07) is 3.49. The first kappa shape index (κ1) is 20.7. The summed E-state index contributed by atoms with van der Waals surface area (Å²) in [4.78, 5) is 7.20. The van der Waals surface area contributed by atoms with Crippen LogP contribution < -0.4 is 10.6 Å².